The molecule has 0 saturated heterocycles. The smallest absolute Gasteiger partial charge is 0.0135 e. The number of allylic oxidation sites excluding steroid dienone is 2. The van der Waals surface area contributed by atoms with Crippen molar-refractivity contribution in [3.05, 3.63) is 11.1 Å². The van der Waals surface area contributed by atoms with Gasteiger partial charge in [-0.2, -0.15) is 0 Å². The van der Waals surface area contributed by atoms with E-state index >= 15 is 0 Å². The summed E-state index contributed by atoms with van der Waals surface area (Å²) in [6.45, 7) is 0. The quantitative estimate of drug-likeness (QED) is 0.462. The highest BCUT2D eigenvalue weighted by Crippen LogP contribution is 2.55. The summed E-state index contributed by atoms with van der Waals surface area (Å²) in [5, 5.41) is 0. The van der Waals surface area contributed by atoms with Crippen LogP contribution in [0.5, 0.6) is 0 Å². The van der Waals surface area contributed by atoms with E-state index < -0.39 is 0 Å². The van der Waals surface area contributed by atoms with Crippen molar-refractivity contribution >= 4 is 0 Å². The van der Waals surface area contributed by atoms with Gasteiger partial charge in [-0.1, -0.05) is 24.0 Å². The van der Waals surface area contributed by atoms with Crippen molar-refractivity contribution in [1.82, 2.24) is 0 Å². The van der Waals surface area contributed by atoms with E-state index in [0.717, 1.165) is 11.8 Å². The molecule has 2 atom stereocenters. The summed E-state index contributed by atoms with van der Waals surface area (Å²) in [6, 6.07) is 0. The first kappa shape index (κ1) is 6.28. The third kappa shape index (κ3) is 0.706. The summed E-state index contributed by atoms with van der Waals surface area (Å²) >= 11 is 0. The van der Waals surface area contributed by atoms with Gasteiger partial charge in [-0.3, -0.25) is 0 Å². The minimum absolute atomic E-state index is 1.08. The minimum Gasteiger partial charge on any atom is -0.0670 e. The molecule has 0 aromatic carbocycles. The van der Waals surface area contributed by atoms with Crippen LogP contribution in [0.3, 0.4) is 0 Å². The Bertz CT molecular complexity index is 190. The Kier molecular flexibility index (Phi) is 1.21. The van der Waals surface area contributed by atoms with Crippen molar-refractivity contribution in [3.8, 4) is 0 Å². The van der Waals surface area contributed by atoms with Crippen molar-refractivity contribution in [2.45, 2.75) is 44.9 Å². The Balaban J connectivity index is 1.90. The van der Waals surface area contributed by atoms with Gasteiger partial charge in [-0.25, -0.2) is 0 Å². The lowest BCUT2D eigenvalue weighted by Gasteiger charge is -2.43. The van der Waals surface area contributed by atoms with E-state index in [1.54, 1.807) is 0 Å². The van der Waals surface area contributed by atoms with Crippen LogP contribution in [0.25, 0.3) is 0 Å². The van der Waals surface area contributed by atoms with E-state index in [9.17, 15) is 0 Å². The number of rotatable bonds is 0. The molecule has 1 saturated carbocycles. The van der Waals surface area contributed by atoms with Crippen LogP contribution >= 0.6 is 0 Å². The van der Waals surface area contributed by atoms with E-state index in [1.165, 1.54) is 44.9 Å². The van der Waals surface area contributed by atoms with Gasteiger partial charge in [0.2, 0.25) is 0 Å². The fourth-order valence-corrected chi connectivity index (χ4v) is 3.51. The number of fused-ring (bicyclic) bond motifs is 3. The molecular weight excluding hydrogens is 132 g/mol. The molecule has 1 fully saturated rings. The predicted octanol–water partition coefficient (Wildman–Crippen LogP) is 3.29. The molecule has 3 aliphatic carbocycles. The van der Waals surface area contributed by atoms with E-state index in [1.807, 2.05) is 11.1 Å². The maximum Gasteiger partial charge on any atom is -0.0135 e. The van der Waals surface area contributed by atoms with Crippen molar-refractivity contribution in [3.63, 3.8) is 0 Å². The van der Waals surface area contributed by atoms with Gasteiger partial charge >= 0.3 is 0 Å². The van der Waals surface area contributed by atoms with Gasteiger partial charge in [0.15, 0.2) is 0 Å². The molecule has 0 amide bonds. The zero-order valence-electron chi connectivity index (χ0n) is 7.10. The molecule has 60 valence electrons. The molecule has 0 aromatic rings. The van der Waals surface area contributed by atoms with Crippen molar-refractivity contribution in [2.75, 3.05) is 0 Å². The van der Waals surface area contributed by atoms with Gasteiger partial charge in [-0.15, -0.1) is 0 Å². The summed E-state index contributed by atoms with van der Waals surface area (Å²) in [4.78, 5) is 0. The molecule has 0 spiro atoms. The van der Waals surface area contributed by atoms with Gasteiger partial charge in [-0.05, 0) is 43.9 Å². The van der Waals surface area contributed by atoms with Crippen LogP contribution < -0.4 is 0 Å². The summed E-state index contributed by atoms with van der Waals surface area (Å²) in [5.41, 5.74) is 3.82. The molecule has 3 rings (SSSR count). The van der Waals surface area contributed by atoms with Crippen LogP contribution in [0.1, 0.15) is 44.9 Å². The molecule has 0 heteroatoms. The average molecular weight is 148 g/mol. The SMILES string of the molecule is C1CC2=C(C1)[C@@H]1CCCC[C@H]21. The highest BCUT2D eigenvalue weighted by molar-refractivity contribution is 5.36. The number of hydrogen-bond acceptors (Lipinski definition) is 0. The number of hydrogen-bond donors (Lipinski definition) is 0. The average Bonchev–Trinajstić information content (AvgIpc) is 2.44. The summed E-state index contributed by atoms with van der Waals surface area (Å²) in [6.07, 6.45) is 10.5. The van der Waals surface area contributed by atoms with Crippen LogP contribution in [-0.4, -0.2) is 0 Å². The Hall–Kier alpha value is -0.260. The second-order valence-corrected chi connectivity index (χ2v) is 4.40. The molecule has 0 aliphatic heterocycles. The minimum atomic E-state index is 1.08. The second-order valence-electron chi connectivity index (χ2n) is 4.40. The highest BCUT2D eigenvalue weighted by Gasteiger charge is 2.42. The summed E-state index contributed by atoms with van der Waals surface area (Å²) in [5.74, 6) is 2.17. The fourth-order valence-electron chi connectivity index (χ4n) is 3.51. The molecule has 0 heterocycles. The zero-order chi connectivity index (χ0) is 7.26. The van der Waals surface area contributed by atoms with Gasteiger partial charge in [0.1, 0.15) is 0 Å². The third-order valence-electron chi connectivity index (χ3n) is 3.97. The molecule has 0 bridgehead atoms. The molecule has 11 heavy (non-hydrogen) atoms. The lowest BCUT2D eigenvalue weighted by Crippen LogP contribution is -2.31. The van der Waals surface area contributed by atoms with E-state index in [0.29, 0.717) is 0 Å². The molecule has 0 unspecified atom stereocenters. The predicted molar refractivity (Wildman–Crippen MR) is 46.3 cm³/mol. The van der Waals surface area contributed by atoms with E-state index in [-0.39, 0.29) is 0 Å². The van der Waals surface area contributed by atoms with Crippen molar-refractivity contribution in [1.29, 1.82) is 0 Å². The monoisotopic (exact) mass is 148 g/mol. The topological polar surface area (TPSA) is 0 Å². The standard InChI is InChI=1S/C11H16/c1-2-5-9-8(4-1)10-6-3-7-11(9)10/h8-9H,1-7H2/t8-,9+. The maximum absolute atomic E-state index is 1.91. The first-order valence-electron chi connectivity index (χ1n) is 5.18. The second kappa shape index (κ2) is 2.12. The van der Waals surface area contributed by atoms with Crippen LogP contribution in [0.4, 0.5) is 0 Å². The molecule has 0 N–H and O–H groups in total. The fraction of sp³-hybridized carbons (Fsp3) is 0.818. The first-order chi connectivity index (χ1) is 5.47. The van der Waals surface area contributed by atoms with Crippen LogP contribution in [-0.2, 0) is 0 Å². The Morgan fingerprint density at radius 2 is 1.27 bits per heavy atom. The van der Waals surface area contributed by atoms with Gasteiger partial charge < -0.3 is 0 Å². The zero-order valence-corrected chi connectivity index (χ0v) is 7.10. The van der Waals surface area contributed by atoms with Gasteiger partial charge in [0.25, 0.3) is 0 Å². The first-order valence-corrected chi connectivity index (χ1v) is 5.18. The van der Waals surface area contributed by atoms with Gasteiger partial charge in [0.05, 0.1) is 0 Å². The Morgan fingerprint density at radius 1 is 0.727 bits per heavy atom. The highest BCUT2D eigenvalue weighted by atomic mass is 14.5. The van der Waals surface area contributed by atoms with E-state index in [2.05, 4.69) is 0 Å². The Labute approximate surface area is 68.7 Å². The lowest BCUT2D eigenvalue weighted by molar-refractivity contribution is 0.262. The molecule has 0 aromatic heterocycles. The molecular formula is C11H16. The molecule has 0 radical (unpaired) electrons. The van der Waals surface area contributed by atoms with E-state index in [4.69, 9.17) is 0 Å². The summed E-state index contributed by atoms with van der Waals surface area (Å²) < 4.78 is 0. The molecule has 0 nitrogen and oxygen atoms in total. The molecule has 3 aliphatic rings. The lowest BCUT2D eigenvalue weighted by atomic mass is 9.62. The van der Waals surface area contributed by atoms with Crippen LogP contribution in [0.2, 0.25) is 0 Å². The van der Waals surface area contributed by atoms with Gasteiger partial charge in [0, 0.05) is 0 Å². The van der Waals surface area contributed by atoms with Crippen LogP contribution in [0, 0.1) is 11.8 Å². The van der Waals surface area contributed by atoms with Crippen molar-refractivity contribution in [2.24, 2.45) is 11.8 Å². The third-order valence-corrected chi connectivity index (χ3v) is 3.97. The maximum atomic E-state index is 1.91. The van der Waals surface area contributed by atoms with Crippen molar-refractivity contribution < 1.29 is 0 Å². The summed E-state index contributed by atoms with van der Waals surface area (Å²) in [7, 11) is 0. The Morgan fingerprint density at radius 3 is 1.82 bits per heavy atom. The van der Waals surface area contributed by atoms with Crippen LogP contribution in [0.15, 0.2) is 11.1 Å². The normalized spacial score (nSPS) is 41.5. The largest absolute Gasteiger partial charge is 0.0670 e.